The zero-order chi connectivity index (χ0) is 13.0. The Bertz CT molecular complexity index is 488. The van der Waals surface area contributed by atoms with Crippen LogP contribution in [0, 0.1) is 0 Å². The molecule has 0 fully saturated rings. The molecule has 0 aliphatic carbocycles. The van der Waals surface area contributed by atoms with Crippen molar-refractivity contribution in [3.8, 4) is 0 Å². The van der Waals surface area contributed by atoms with E-state index in [2.05, 4.69) is 54.7 Å². The quantitative estimate of drug-likeness (QED) is 0.875. The molecule has 18 heavy (non-hydrogen) atoms. The van der Waals surface area contributed by atoms with Gasteiger partial charge in [0.25, 0.3) is 0 Å². The first-order valence-corrected chi connectivity index (χ1v) is 6.50. The third-order valence-electron chi connectivity index (χ3n) is 3.22. The van der Waals surface area contributed by atoms with Crippen LogP contribution in [-0.2, 0) is 20.0 Å². The number of hydrogen-bond acceptors (Lipinski definition) is 2. The Labute approximate surface area is 109 Å². The molecule has 0 aliphatic heterocycles. The molecule has 1 N–H and O–H groups in total. The van der Waals surface area contributed by atoms with E-state index in [9.17, 15) is 0 Å². The van der Waals surface area contributed by atoms with Gasteiger partial charge in [-0.15, -0.1) is 0 Å². The minimum Gasteiger partial charge on any atom is -0.306 e. The molecule has 3 nitrogen and oxygen atoms in total. The molecule has 0 saturated carbocycles. The maximum atomic E-state index is 4.46. The van der Waals surface area contributed by atoms with Crippen molar-refractivity contribution in [1.82, 2.24) is 15.1 Å². The topological polar surface area (TPSA) is 29.9 Å². The van der Waals surface area contributed by atoms with Gasteiger partial charge in [0.2, 0.25) is 0 Å². The van der Waals surface area contributed by atoms with Gasteiger partial charge < -0.3 is 5.32 Å². The minimum absolute atomic E-state index is 0.358. The van der Waals surface area contributed by atoms with Gasteiger partial charge in [-0.05, 0) is 18.9 Å². The van der Waals surface area contributed by atoms with E-state index in [0.717, 1.165) is 13.0 Å². The van der Waals surface area contributed by atoms with Crippen LogP contribution < -0.4 is 5.32 Å². The summed E-state index contributed by atoms with van der Waals surface area (Å²) in [7, 11) is 1.98. The zero-order valence-corrected chi connectivity index (χ0v) is 11.4. The number of rotatable bonds is 5. The largest absolute Gasteiger partial charge is 0.306 e. The monoisotopic (exact) mass is 243 g/mol. The summed E-state index contributed by atoms with van der Waals surface area (Å²) in [5.74, 6) is 0. The Morgan fingerprint density at radius 3 is 2.67 bits per heavy atom. The lowest BCUT2D eigenvalue weighted by Crippen LogP contribution is -2.18. The van der Waals surface area contributed by atoms with Crippen LogP contribution in [0.15, 0.2) is 36.5 Å². The van der Waals surface area contributed by atoms with Gasteiger partial charge in [-0.2, -0.15) is 5.10 Å². The summed E-state index contributed by atoms with van der Waals surface area (Å²) in [6, 6.07) is 10.9. The standard InChI is InChI=1S/C15H21N3/c1-4-15-14(11-18(3)17-15)10-16-12(2)13-8-6-5-7-9-13/h5-9,11-12,16H,4,10H2,1-3H3/t12-/m1/s1. The highest BCUT2D eigenvalue weighted by Crippen LogP contribution is 2.13. The van der Waals surface area contributed by atoms with Crippen molar-refractivity contribution < 1.29 is 0 Å². The molecule has 0 aliphatic rings. The van der Waals surface area contributed by atoms with Crippen LogP contribution in [0.3, 0.4) is 0 Å². The number of aryl methyl sites for hydroxylation is 2. The van der Waals surface area contributed by atoms with E-state index in [1.807, 2.05) is 17.8 Å². The SMILES string of the molecule is CCc1nn(C)cc1CN[C@H](C)c1ccccc1. The predicted molar refractivity (Wildman–Crippen MR) is 74.3 cm³/mol. The van der Waals surface area contributed by atoms with Crippen molar-refractivity contribution in [3.63, 3.8) is 0 Å². The van der Waals surface area contributed by atoms with Crippen LogP contribution in [0.25, 0.3) is 0 Å². The van der Waals surface area contributed by atoms with Gasteiger partial charge in [0.05, 0.1) is 5.69 Å². The lowest BCUT2D eigenvalue weighted by atomic mass is 10.1. The molecule has 3 heteroatoms. The van der Waals surface area contributed by atoms with Crippen LogP contribution in [-0.4, -0.2) is 9.78 Å². The highest BCUT2D eigenvalue weighted by Gasteiger charge is 2.08. The molecule has 1 aromatic carbocycles. The molecular formula is C15H21N3. The van der Waals surface area contributed by atoms with Crippen LogP contribution >= 0.6 is 0 Å². The van der Waals surface area contributed by atoms with Crippen molar-refractivity contribution in [2.24, 2.45) is 7.05 Å². The van der Waals surface area contributed by atoms with E-state index in [1.165, 1.54) is 16.8 Å². The zero-order valence-electron chi connectivity index (χ0n) is 11.4. The van der Waals surface area contributed by atoms with Crippen LogP contribution in [0.4, 0.5) is 0 Å². The summed E-state index contributed by atoms with van der Waals surface area (Å²) in [5.41, 5.74) is 3.80. The summed E-state index contributed by atoms with van der Waals surface area (Å²) in [4.78, 5) is 0. The second-order valence-corrected chi connectivity index (χ2v) is 4.64. The molecule has 0 unspecified atom stereocenters. The van der Waals surface area contributed by atoms with Crippen LogP contribution in [0.5, 0.6) is 0 Å². The lowest BCUT2D eigenvalue weighted by Gasteiger charge is -2.13. The highest BCUT2D eigenvalue weighted by atomic mass is 15.3. The van der Waals surface area contributed by atoms with E-state index in [4.69, 9.17) is 0 Å². The molecule has 1 atom stereocenters. The minimum atomic E-state index is 0.358. The van der Waals surface area contributed by atoms with Gasteiger partial charge in [-0.25, -0.2) is 0 Å². The van der Waals surface area contributed by atoms with Gasteiger partial charge in [-0.3, -0.25) is 4.68 Å². The number of hydrogen-bond donors (Lipinski definition) is 1. The number of nitrogens with one attached hydrogen (secondary N) is 1. The predicted octanol–water partition coefficient (Wildman–Crippen LogP) is 2.83. The van der Waals surface area contributed by atoms with Gasteiger partial charge in [-0.1, -0.05) is 37.3 Å². The van der Waals surface area contributed by atoms with Gasteiger partial charge in [0.15, 0.2) is 0 Å². The van der Waals surface area contributed by atoms with E-state index in [-0.39, 0.29) is 0 Å². The maximum Gasteiger partial charge on any atom is 0.0666 e. The first kappa shape index (κ1) is 12.8. The van der Waals surface area contributed by atoms with Crippen LogP contribution in [0.1, 0.15) is 36.7 Å². The average Bonchev–Trinajstić information content (AvgIpc) is 2.77. The number of benzene rings is 1. The smallest absolute Gasteiger partial charge is 0.0666 e. The van der Waals surface area contributed by atoms with Crippen molar-refractivity contribution in [1.29, 1.82) is 0 Å². The van der Waals surface area contributed by atoms with E-state index in [1.54, 1.807) is 0 Å². The van der Waals surface area contributed by atoms with E-state index >= 15 is 0 Å². The van der Waals surface area contributed by atoms with Crippen molar-refractivity contribution in [2.45, 2.75) is 32.9 Å². The van der Waals surface area contributed by atoms with Crippen molar-refractivity contribution in [2.75, 3.05) is 0 Å². The molecule has 1 heterocycles. The number of nitrogens with zero attached hydrogens (tertiary/aromatic N) is 2. The molecular weight excluding hydrogens is 222 g/mol. The molecule has 2 aromatic rings. The Hall–Kier alpha value is -1.61. The summed E-state index contributed by atoms with van der Waals surface area (Å²) in [5, 5.41) is 8.01. The van der Waals surface area contributed by atoms with Gasteiger partial charge in [0, 0.05) is 31.4 Å². The summed E-state index contributed by atoms with van der Waals surface area (Å²) < 4.78 is 1.89. The van der Waals surface area contributed by atoms with Crippen molar-refractivity contribution >= 4 is 0 Å². The van der Waals surface area contributed by atoms with Gasteiger partial charge >= 0.3 is 0 Å². The first-order chi connectivity index (χ1) is 8.70. The Kier molecular flexibility index (Phi) is 4.15. The summed E-state index contributed by atoms with van der Waals surface area (Å²) in [6.45, 7) is 5.21. The fourth-order valence-corrected chi connectivity index (χ4v) is 2.15. The Balaban J connectivity index is 1.99. The van der Waals surface area contributed by atoms with Crippen molar-refractivity contribution in [3.05, 3.63) is 53.3 Å². The third kappa shape index (κ3) is 2.99. The molecule has 1 aromatic heterocycles. The number of aromatic nitrogens is 2. The molecule has 96 valence electrons. The fraction of sp³-hybridized carbons (Fsp3) is 0.400. The average molecular weight is 243 g/mol. The Morgan fingerprint density at radius 1 is 1.28 bits per heavy atom. The third-order valence-corrected chi connectivity index (χ3v) is 3.22. The maximum absolute atomic E-state index is 4.46. The summed E-state index contributed by atoms with van der Waals surface area (Å²) >= 11 is 0. The molecule has 0 spiro atoms. The second kappa shape index (κ2) is 5.83. The molecule has 2 rings (SSSR count). The van der Waals surface area contributed by atoms with E-state index in [0.29, 0.717) is 6.04 Å². The first-order valence-electron chi connectivity index (χ1n) is 6.50. The molecule has 0 saturated heterocycles. The second-order valence-electron chi connectivity index (χ2n) is 4.64. The molecule has 0 radical (unpaired) electrons. The fourth-order valence-electron chi connectivity index (χ4n) is 2.15. The molecule has 0 bridgehead atoms. The van der Waals surface area contributed by atoms with Crippen LogP contribution in [0.2, 0.25) is 0 Å². The van der Waals surface area contributed by atoms with E-state index < -0.39 is 0 Å². The Morgan fingerprint density at radius 2 is 2.00 bits per heavy atom. The van der Waals surface area contributed by atoms with Gasteiger partial charge in [0.1, 0.15) is 0 Å². The normalized spacial score (nSPS) is 12.6. The summed E-state index contributed by atoms with van der Waals surface area (Å²) in [6.07, 6.45) is 3.08. The molecule has 0 amide bonds. The lowest BCUT2D eigenvalue weighted by molar-refractivity contribution is 0.572. The highest BCUT2D eigenvalue weighted by molar-refractivity contribution is 5.20.